The Labute approximate surface area is 123 Å². The van der Waals surface area contributed by atoms with Crippen LogP contribution < -0.4 is 5.32 Å². The van der Waals surface area contributed by atoms with Gasteiger partial charge in [-0.25, -0.2) is 4.98 Å². The summed E-state index contributed by atoms with van der Waals surface area (Å²) < 4.78 is 1.63. The topological polar surface area (TPSA) is 103 Å². The molecule has 9 heteroatoms. The molecular formula is C12H10ClN5O3. The van der Waals surface area contributed by atoms with E-state index in [1.165, 1.54) is 24.7 Å². The number of carbonyl (C=O) groups excluding carboxylic acids is 1. The van der Waals surface area contributed by atoms with Crippen LogP contribution in [-0.2, 0) is 0 Å². The number of nitrogens with zero attached hydrogens (tertiary/aromatic N) is 4. The third-order valence-corrected chi connectivity index (χ3v) is 3.25. The Balaban J connectivity index is 1.88. The number of hydrogen-bond acceptors (Lipinski definition) is 5. The van der Waals surface area contributed by atoms with Crippen LogP contribution in [0.15, 0.2) is 24.7 Å². The predicted molar refractivity (Wildman–Crippen MR) is 74.4 cm³/mol. The van der Waals surface area contributed by atoms with Crippen molar-refractivity contribution < 1.29 is 9.72 Å². The standard InChI is InChI=1S/C12H10ClN5O3/c13-10-4-14-5-11(15-10)16-12(19)9-3-8(18(20)21)6-17(9)7-1-2-7/h3-7H,1-2H2,(H,15,16,19). The molecule has 1 amide bonds. The minimum absolute atomic E-state index is 0.107. The van der Waals surface area contributed by atoms with Gasteiger partial charge in [0, 0.05) is 12.1 Å². The summed E-state index contributed by atoms with van der Waals surface area (Å²) in [6.07, 6.45) is 5.89. The van der Waals surface area contributed by atoms with Crippen molar-refractivity contribution in [3.8, 4) is 0 Å². The van der Waals surface area contributed by atoms with E-state index in [1.807, 2.05) is 0 Å². The summed E-state index contributed by atoms with van der Waals surface area (Å²) in [6.45, 7) is 0. The second kappa shape index (κ2) is 5.13. The summed E-state index contributed by atoms with van der Waals surface area (Å²) in [5, 5.41) is 13.5. The van der Waals surface area contributed by atoms with E-state index in [4.69, 9.17) is 11.6 Å². The molecule has 0 bridgehead atoms. The van der Waals surface area contributed by atoms with Gasteiger partial charge in [-0.15, -0.1) is 0 Å². The highest BCUT2D eigenvalue weighted by Gasteiger charge is 2.30. The third-order valence-electron chi connectivity index (χ3n) is 3.06. The van der Waals surface area contributed by atoms with Crippen molar-refractivity contribution in [2.45, 2.75) is 18.9 Å². The number of rotatable bonds is 4. The average Bonchev–Trinajstić information content (AvgIpc) is 3.17. The van der Waals surface area contributed by atoms with Crippen LogP contribution in [0.2, 0.25) is 5.15 Å². The first-order chi connectivity index (χ1) is 10.0. The van der Waals surface area contributed by atoms with Crippen molar-refractivity contribution in [3.63, 3.8) is 0 Å². The molecule has 21 heavy (non-hydrogen) atoms. The molecule has 1 aliphatic rings. The van der Waals surface area contributed by atoms with Crippen LogP contribution in [0.3, 0.4) is 0 Å². The first-order valence-electron chi connectivity index (χ1n) is 6.20. The molecule has 1 N–H and O–H groups in total. The van der Waals surface area contributed by atoms with Crippen LogP contribution in [0.1, 0.15) is 29.4 Å². The van der Waals surface area contributed by atoms with Crippen LogP contribution in [0.25, 0.3) is 0 Å². The van der Waals surface area contributed by atoms with E-state index in [2.05, 4.69) is 15.3 Å². The monoisotopic (exact) mass is 307 g/mol. The number of halogens is 1. The Morgan fingerprint density at radius 1 is 1.48 bits per heavy atom. The lowest BCUT2D eigenvalue weighted by Crippen LogP contribution is -2.17. The molecule has 1 saturated carbocycles. The molecule has 108 valence electrons. The minimum atomic E-state index is -0.519. The molecule has 3 rings (SSSR count). The average molecular weight is 308 g/mol. The van der Waals surface area contributed by atoms with E-state index in [9.17, 15) is 14.9 Å². The first-order valence-corrected chi connectivity index (χ1v) is 6.57. The molecule has 1 fully saturated rings. The summed E-state index contributed by atoms with van der Waals surface area (Å²) in [6, 6.07) is 1.40. The Bertz CT molecular complexity index is 725. The maximum Gasteiger partial charge on any atom is 0.287 e. The maximum atomic E-state index is 12.2. The van der Waals surface area contributed by atoms with E-state index in [-0.39, 0.29) is 28.4 Å². The second-order valence-corrected chi connectivity index (χ2v) is 5.05. The number of hydrogen-bond donors (Lipinski definition) is 1. The van der Waals surface area contributed by atoms with Gasteiger partial charge in [0.25, 0.3) is 11.6 Å². The molecule has 0 spiro atoms. The van der Waals surface area contributed by atoms with E-state index in [0.29, 0.717) is 0 Å². The Morgan fingerprint density at radius 2 is 2.24 bits per heavy atom. The molecule has 0 aromatic carbocycles. The molecular weight excluding hydrogens is 298 g/mol. The van der Waals surface area contributed by atoms with Gasteiger partial charge in [-0.3, -0.25) is 19.9 Å². The summed E-state index contributed by atoms with van der Waals surface area (Å²) >= 11 is 5.69. The number of aromatic nitrogens is 3. The highest BCUT2D eigenvalue weighted by atomic mass is 35.5. The smallest absolute Gasteiger partial charge is 0.287 e. The Hall–Kier alpha value is -2.48. The SMILES string of the molecule is O=C(Nc1cncc(Cl)n1)c1cc([N+](=O)[O-])cn1C1CC1. The van der Waals surface area contributed by atoms with Crippen molar-refractivity contribution in [1.82, 2.24) is 14.5 Å². The molecule has 0 unspecified atom stereocenters. The van der Waals surface area contributed by atoms with Crippen molar-refractivity contribution in [3.05, 3.63) is 45.6 Å². The van der Waals surface area contributed by atoms with Crippen LogP contribution in [-0.4, -0.2) is 25.4 Å². The molecule has 0 aliphatic heterocycles. The van der Waals surface area contributed by atoms with Gasteiger partial charge in [-0.1, -0.05) is 11.6 Å². The highest BCUT2D eigenvalue weighted by molar-refractivity contribution is 6.29. The number of amides is 1. The fourth-order valence-electron chi connectivity index (χ4n) is 1.98. The fraction of sp³-hybridized carbons (Fsp3) is 0.250. The molecule has 2 aromatic heterocycles. The van der Waals surface area contributed by atoms with E-state index >= 15 is 0 Å². The molecule has 1 aliphatic carbocycles. The van der Waals surface area contributed by atoms with Gasteiger partial charge in [0.2, 0.25) is 0 Å². The Kier molecular flexibility index (Phi) is 3.30. The number of nitrogens with one attached hydrogen (secondary N) is 1. The van der Waals surface area contributed by atoms with Gasteiger partial charge in [0.05, 0.1) is 23.5 Å². The number of nitro groups is 1. The summed E-state index contributed by atoms with van der Waals surface area (Å²) in [7, 11) is 0. The summed E-state index contributed by atoms with van der Waals surface area (Å²) in [4.78, 5) is 30.3. The van der Waals surface area contributed by atoms with Crippen molar-refractivity contribution in [2.75, 3.05) is 5.32 Å². The molecule has 0 atom stereocenters. The third kappa shape index (κ3) is 2.84. The molecule has 0 saturated heterocycles. The lowest BCUT2D eigenvalue weighted by Gasteiger charge is -2.07. The van der Waals surface area contributed by atoms with Crippen molar-refractivity contribution in [2.24, 2.45) is 0 Å². The van der Waals surface area contributed by atoms with Crippen molar-refractivity contribution >= 4 is 29.0 Å². The minimum Gasteiger partial charge on any atom is -0.334 e. The summed E-state index contributed by atoms with van der Waals surface area (Å²) in [5.41, 5.74) is 0.121. The zero-order valence-electron chi connectivity index (χ0n) is 10.7. The lowest BCUT2D eigenvalue weighted by molar-refractivity contribution is -0.384. The summed E-state index contributed by atoms with van der Waals surface area (Å²) in [5.74, 6) is -0.287. The quantitative estimate of drug-likeness (QED) is 0.690. The zero-order chi connectivity index (χ0) is 15.0. The zero-order valence-corrected chi connectivity index (χ0v) is 11.4. The van der Waals surface area contributed by atoms with Crippen LogP contribution >= 0.6 is 11.6 Å². The largest absolute Gasteiger partial charge is 0.334 e. The first kappa shape index (κ1) is 13.5. The second-order valence-electron chi connectivity index (χ2n) is 4.66. The van der Waals surface area contributed by atoms with Gasteiger partial charge in [-0.2, -0.15) is 0 Å². The van der Waals surface area contributed by atoms with Crippen molar-refractivity contribution in [1.29, 1.82) is 0 Å². The molecule has 2 heterocycles. The van der Waals surface area contributed by atoms with Crippen LogP contribution in [0.4, 0.5) is 11.5 Å². The number of carbonyl (C=O) groups is 1. The van der Waals surface area contributed by atoms with E-state index in [0.717, 1.165) is 12.8 Å². The predicted octanol–water partition coefficient (Wildman–Crippen LogP) is 2.43. The van der Waals surface area contributed by atoms with Gasteiger partial charge >= 0.3 is 0 Å². The van der Waals surface area contributed by atoms with Gasteiger partial charge in [0.1, 0.15) is 10.8 Å². The van der Waals surface area contributed by atoms with E-state index < -0.39 is 10.8 Å². The highest BCUT2D eigenvalue weighted by Crippen LogP contribution is 2.38. The maximum absolute atomic E-state index is 12.2. The van der Waals surface area contributed by atoms with Crippen LogP contribution in [0, 0.1) is 10.1 Å². The van der Waals surface area contributed by atoms with E-state index in [1.54, 1.807) is 4.57 Å². The van der Waals surface area contributed by atoms with Gasteiger partial charge in [-0.05, 0) is 12.8 Å². The normalized spacial score (nSPS) is 14.0. The van der Waals surface area contributed by atoms with Gasteiger partial charge in [0.15, 0.2) is 5.82 Å². The molecule has 0 radical (unpaired) electrons. The molecule has 8 nitrogen and oxygen atoms in total. The fourth-order valence-corrected chi connectivity index (χ4v) is 2.13. The lowest BCUT2D eigenvalue weighted by atomic mass is 10.3. The van der Waals surface area contributed by atoms with Gasteiger partial charge < -0.3 is 9.88 Å². The van der Waals surface area contributed by atoms with Crippen LogP contribution in [0.5, 0.6) is 0 Å². The molecule has 2 aromatic rings. The number of anilines is 1. The Morgan fingerprint density at radius 3 is 2.86 bits per heavy atom.